The highest BCUT2D eigenvalue weighted by molar-refractivity contribution is 6.31. The van der Waals surface area contributed by atoms with Gasteiger partial charge in [-0.15, -0.1) is 0 Å². The number of hydrogen-bond acceptors (Lipinski definition) is 3. The Bertz CT molecular complexity index is 735. The van der Waals surface area contributed by atoms with Crippen LogP contribution in [0.5, 0.6) is 0 Å². The number of pyridine rings is 1. The highest BCUT2D eigenvalue weighted by Crippen LogP contribution is 2.36. The van der Waals surface area contributed by atoms with Crippen LogP contribution in [0.3, 0.4) is 0 Å². The van der Waals surface area contributed by atoms with Gasteiger partial charge < -0.3 is 10.6 Å². The topological polar surface area (TPSA) is 54.0 Å². The average molecular weight is 358 g/mol. The quantitative estimate of drug-likeness (QED) is 0.819. The van der Waals surface area contributed by atoms with Gasteiger partial charge in [-0.2, -0.15) is 13.2 Å². The van der Waals surface area contributed by atoms with Gasteiger partial charge in [-0.05, 0) is 36.8 Å². The van der Waals surface area contributed by atoms with E-state index in [1.165, 1.54) is 24.4 Å². The lowest BCUT2D eigenvalue weighted by Crippen LogP contribution is -2.24. The van der Waals surface area contributed by atoms with Crippen LogP contribution in [-0.4, -0.2) is 17.4 Å². The predicted molar refractivity (Wildman–Crippen MR) is 86.6 cm³/mol. The second kappa shape index (κ2) is 7.53. The Kier molecular flexibility index (Phi) is 5.66. The number of aromatic nitrogens is 1. The molecule has 0 unspecified atom stereocenters. The number of benzene rings is 1. The van der Waals surface area contributed by atoms with E-state index < -0.39 is 11.7 Å². The minimum atomic E-state index is -4.55. The first kappa shape index (κ1) is 18.1. The number of rotatable bonds is 5. The van der Waals surface area contributed by atoms with Crippen LogP contribution in [0.25, 0.3) is 0 Å². The van der Waals surface area contributed by atoms with Gasteiger partial charge in [-0.3, -0.25) is 4.79 Å². The molecule has 0 saturated heterocycles. The molecule has 0 fully saturated rings. The van der Waals surface area contributed by atoms with Crippen LogP contribution in [0.1, 0.15) is 29.3 Å². The average Bonchev–Trinajstić information content (AvgIpc) is 2.53. The van der Waals surface area contributed by atoms with Crippen molar-refractivity contribution in [1.29, 1.82) is 0 Å². The molecule has 1 heterocycles. The Hall–Kier alpha value is -2.28. The predicted octanol–water partition coefficient (Wildman–Crippen LogP) is 4.64. The molecule has 8 heteroatoms. The van der Waals surface area contributed by atoms with Crippen molar-refractivity contribution in [3.63, 3.8) is 0 Å². The molecule has 1 aromatic heterocycles. The lowest BCUT2D eigenvalue weighted by molar-refractivity contribution is -0.137. The fourth-order valence-electron chi connectivity index (χ4n) is 1.95. The summed E-state index contributed by atoms with van der Waals surface area (Å²) >= 11 is 5.58. The standard InChI is InChI=1S/C16H15ClF3N3O/c1-2-6-22-15(24)10-5-7-21-14(8-10)23-11-3-4-13(17)12(9-11)16(18,19)20/h3-5,7-9H,2,6H2,1H3,(H,21,23)(H,22,24). The van der Waals surface area contributed by atoms with E-state index in [2.05, 4.69) is 15.6 Å². The van der Waals surface area contributed by atoms with Crippen molar-refractivity contribution >= 4 is 29.0 Å². The molecule has 0 spiro atoms. The summed E-state index contributed by atoms with van der Waals surface area (Å²) in [7, 11) is 0. The van der Waals surface area contributed by atoms with E-state index in [0.29, 0.717) is 12.1 Å². The Balaban J connectivity index is 2.21. The van der Waals surface area contributed by atoms with E-state index in [-0.39, 0.29) is 22.4 Å². The lowest BCUT2D eigenvalue weighted by Gasteiger charge is -2.12. The lowest BCUT2D eigenvalue weighted by atomic mass is 10.2. The van der Waals surface area contributed by atoms with Crippen molar-refractivity contribution in [3.8, 4) is 0 Å². The van der Waals surface area contributed by atoms with E-state index in [9.17, 15) is 18.0 Å². The van der Waals surface area contributed by atoms with Crippen molar-refractivity contribution in [3.05, 3.63) is 52.7 Å². The summed E-state index contributed by atoms with van der Waals surface area (Å²) in [5.74, 6) is -0.0102. The van der Waals surface area contributed by atoms with E-state index in [1.807, 2.05) is 6.92 Å². The number of anilines is 2. The molecular weight excluding hydrogens is 343 g/mol. The van der Waals surface area contributed by atoms with Gasteiger partial charge in [0.15, 0.2) is 0 Å². The molecule has 2 rings (SSSR count). The highest BCUT2D eigenvalue weighted by atomic mass is 35.5. The van der Waals surface area contributed by atoms with Crippen LogP contribution < -0.4 is 10.6 Å². The molecule has 1 aromatic carbocycles. The number of nitrogens with zero attached hydrogens (tertiary/aromatic N) is 1. The van der Waals surface area contributed by atoms with E-state index in [1.54, 1.807) is 0 Å². The maximum Gasteiger partial charge on any atom is 0.417 e. The fourth-order valence-corrected chi connectivity index (χ4v) is 2.17. The number of carbonyl (C=O) groups is 1. The van der Waals surface area contributed by atoms with Gasteiger partial charge in [0.05, 0.1) is 10.6 Å². The zero-order chi connectivity index (χ0) is 17.7. The third kappa shape index (κ3) is 4.61. The van der Waals surface area contributed by atoms with Crippen LogP contribution in [0.2, 0.25) is 5.02 Å². The molecule has 1 amide bonds. The van der Waals surface area contributed by atoms with Gasteiger partial charge in [-0.1, -0.05) is 18.5 Å². The van der Waals surface area contributed by atoms with Crippen LogP contribution in [-0.2, 0) is 6.18 Å². The first-order valence-electron chi connectivity index (χ1n) is 7.19. The van der Waals surface area contributed by atoms with Crippen LogP contribution in [0.15, 0.2) is 36.5 Å². The molecule has 24 heavy (non-hydrogen) atoms. The first-order chi connectivity index (χ1) is 11.3. The summed E-state index contributed by atoms with van der Waals surface area (Å²) in [6.45, 7) is 2.47. The summed E-state index contributed by atoms with van der Waals surface area (Å²) in [6, 6.07) is 6.45. The number of amides is 1. The monoisotopic (exact) mass is 357 g/mol. The van der Waals surface area contributed by atoms with Gasteiger partial charge in [0.2, 0.25) is 0 Å². The summed E-state index contributed by atoms with van der Waals surface area (Å²) in [5.41, 5.74) is -0.401. The highest BCUT2D eigenvalue weighted by Gasteiger charge is 2.33. The minimum Gasteiger partial charge on any atom is -0.352 e. The zero-order valence-electron chi connectivity index (χ0n) is 12.7. The van der Waals surface area contributed by atoms with Gasteiger partial charge in [-0.25, -0.2) is 4.98 Å². The number of halogens is 4. The van der Waals surface area contributed by atoms with Gasteiger partial charge in [0.1, 0.15) is 5.82 Å². The number of carbonyl (C=O) groups excluding carboxylic acids is 1. The molecule has 128 valence electrons. The molecular formula is C16H15ClF3N3O. The van der Waals surface area contributed by atoms with Crippen LogP contribution in [0.4, 0.5) is 24.7 Å². The Labute approximate surface area is 142 Å². The van der Waals surface area contributed by atoms with E-state index in [0.717, 1.165) is 18.6 Å². The van der Waals surface area contributed by atoms with Gasteiger partial charge in [0, 0.05) is 24.0 Å². The molecule has 2 aromatic rings. The second-order valence-corrected chi connectivity index (χ2v) is 5.41. The summed E-state index contributed by atoms with van der Waals surface area (Å²) in [4.78, 5) is 15.9. The normalized spacial score (nSPS) is 11.2. The SMILES string of the molecule is CCCNC(=O)c1ccnc(Nc2ccc(Cl)c(C(F)(F)F)c2)c1. The Morgan fingerprint density at radius 1 is 1.25 bits per heavy atom. The van der Waals surface area contributed by atoms with E-state index >= 15 is 0 Å². The third-order valence-electron chi connectivity index (χ3n) is 3.10. The molecule has 0 atom stereocenters. The fraction of sp³-hybridized carbons (Fsp3) is 0.250. The molecule has 0 aliphatic heterocycles. The zero-order valence-corrected chi connectivity index (χ0v) is 13.5. The number of alkyl halides is 3. The van der Waals surface area contributed by atoms with Crippen molar-refractivity contribution in [2.75, 3.05) is 11.9 Å². The first-order valence-corrected chi connectivity index (χ1v) is 7.57. The molecule has 4 nitrogen and oxygen atoms in total. The minimum absolute atomic E-state index is 0.172. The van der Waals surface area contributed by atoms with Crippen molar-refractivity contribution in [2.45, 2.75) is 19.5 Å². The Morgan fingerprint density at radius 3 is 2.67 bits per heavy atom. The Morgan fingerprint density at radius 2 is 2.00 bits per heavy atom. The largest absolute Gasteiger partial charge is 0.417 e. The summed E-state index contributed by atoms with van der Waals surface area (Å²) in [5, 5.41) is 5.08. The maximum absolute atomic E-state index is 12.9. The van der Waals surface area contributed by atoms with Gasteiger partial charge in [0.25, 0.3) is 5.91 Å². The summed E-state index contributed by atoms with van der Waals surface area (Å²) in [6.07, 6.45) is -2.35. The maximum atomic E-state index is 12.9. The van der Waals surface area contributed by atoms with Crippen molar-refractivity contribution < 1.29 is 18.0 Å². The summed E-state index contributed by atoms with van der Waals surface area (Å²) < 4.78 is 38.6. The molecule has 0 bridgehead atoms. The molecule has 0 aliphatic rings. The molecule has 0 radical (unpaired) electrons. The van der Waals surface area contributed by atoms with Crippen molar-refractivity contribution in [1.82, 2.24) is 10.3 Å². The van der Waals surface area contributed by atoms with Crippen LogP contribution in [0, 0.1) is 0 Å². The third-order valence-corrected chi connectivity index (χ3v) is 3.43. The molecule has 2 N–H and O–H groups in total. The number of hydrogen-bond donors (Lipinski definition) is 2. The smallest absolute Gasteiger partial charge is 0.352 e. The van der Waals surface area contributed by atoms with Gasteiger partial charge >= 0.3 is 6.18 Å². The molecule has 0 aliphatic carbocycles. The second-order valence-electron chi connectivity index (χ2n) is 5.00. The molecule has 0 saturated carbocycles. The van der Waals surface area contributed by atoms with E-state index in [4.69, 9.17) is 11.6 Å². The van der Waals surface area contributed by atoms with Crippen molar-refractivity contribution in [2.24, 2.45) is 0 Å². The van der Waals surface area contributed by atoms with Crippen LogP contribution >= 0.6 is 11.6 Å². The number of nitrogens with one attached hydrogen (secondary N) is 2.